The molecule has 0 amide bonds. The molecule has 2 aromatic heterocycles. The molecule has 4 rings (SSSR count). The maximum Gasteiger partial charge on any atom is 0.332 e. The van der Waals surface area contributed by atoms with Gasteiger partial charge in [-0.3, -0.25) is 13.9 Å². The number of halogens is 2. The van der Waals surface area contributed by atoms with Gasteiger partial charge in [-0.25, -0.2) is 4.79 Å². The summed E-state index contributed by atoms with van der Waals surface area (Å²) < 4.78 is 4.45. The molecule has 0 saturated carbocycles. The minimum atomic E-state index is -0.412. The number of anilines is 1. The zero-order valence-corrected chi connectivity index (χ0v) is 18.2. The summed E-state index contributed by atoms with van der Waals surface area (Å²) in [4.78, 5) is 33.0. The van der Waals surface area contributed by atoms with Crippen molar-refractivity contribution in [1.82, 2.24) is 18.7 Å². The third kappa shape index (κ3) is 3.46. The van der Waals surface area contributed by atoms with Crippen molar-refractivity contribution in [2.24, 2.45) is 20.0 Å². The van der Waals surface area contributed by atoms with E-state index in [4.69, 9.17) is 23.2 Å². The van der Waals surface area contributed by atoms with Gasteiger partial charge in [0.15, 0.2) is 11.2 Å². The average molecular weight is 436 g/mol. The number of benzene rings is 1. The van der Waals surface area contributed by atoms with Crippen LogP contribution in [-0.2, 0) is 20.6 Å². The highest BCUT2D eigenvalue weighted by Crippen LogP contribution is 2.25. The highest BCUT2D eigenvalue weighted by Gasteiger charge is 2.24. The lowest BCUT2D eigenvalue weighted by atomic mass is 10.00. The van der Waals surface area contributed by atoms with Crippen LogP contribution in [0.1, 0.15) is 25.3 Å². The number of hydrogen-bond acceptors (Lipinski definition) is 4. The number of hydrogen-bond donors (Lipinski definition) is 0. The molecule has 0 bridgehead atoms. The maximum atomic E-state index is 13.2. The standard InChI is InChI=1S/C20H23Cl2N5O2/c1-12-6-8-26(9-7-12)19-23-17-16(24(19)2)18(28)27(20(29)25(17)3)11-13-4-5-14(21)15(22)10-13/h4-5,10,12H,6-9,11H2,1-3H3. The number of piperidine rings is 1. The van der Waals surface area contributed by atoms with Gasteiger partial charge in [0, 0.05) is 27.2 Å². The molecule has 1 aliphatic heterocycles. The lowest BCUT2D eigenvalue weighted by Crippen LogP contribution is -2.39. The normalized spacial score (nSPS) is 15.4. The first-order valence-corrected chi connectivity index (χ1v) is 10.4. The highest BCUT2D eigenvalue weighted by molar-refractivity contribution is 6.42. The number of fused-ring (bicyclic) bond motifs is 1. The van der Waals surface area contributed by atoms with Crippen molar-refractivity contribution >= 4 is 40.3 Å². The van der Waals surface area contributed by atoms with Crippen LogP contribution in [0.4, 0.5) is 5.95 Å². The van der Waals surface area contributed by atoms with E-state index in [0.29, 0.717) is 27.1 Å². The molecule has 154 valence electrons. The fraction of sp³-hybridized carbons (Fsp3) is 0.450. The van der Waals surface area contributed by atoms with Gasteiger partial charge in [0.25, 0.3) is 5.56 Å². The SMILES string of the molecule is CC1CCN(c2nc3c(c(=O)n(Cc4ccc(Cl)c(Cl)c4)c(=O)n3C)n2C)CC1. The molecule has 0 aliphatic carbocycles. The number of nitrogens with zero attached hydrogens (tertiary/aromatic N) is 5. The van der Waals surface area contributed by atoms with Crippen molar-refractivity contribution in [1.29, 1.82) is 0 Å². The smallest absolute Gasteiger partial charge is 0.332 e. The van der Waals surface area contributed by atoms with E-state index in [1.54, 1.807) is 29.8 Å². The van der Waals surface area contributed by atoms with E-state index < -0.39 is 5.69 Å². The van der Waals surface area contributed by atoms with Crippen molar-refractivity contribution in [3.63, 3.8) is 0 Å². The predicted molar refractivity (Wildman–Crippen MR) is 116 cm³/mol. The largest absolute Gasteiger partial charge is 0.342 e. The molecule has 0 radical (unpaired) electrons. The minimum Gasteiger partial charge on any atom is -0.342 e. The molecule has 0 atom stereocenters. The Morgan fingerprint density at radius 2 is 1.76 bits per heavy atom. The van der Waals surface area contributed by atoms with Gasteiger partial charge in [-0.1, -0.05) is 36.2 Å². The van der Waals surface area contributed by atoms with Crippen LogP contribution in [0.2, 0.25) is 10.0 Å². The molecule has 3 heterocycles. The summed E-state index contributed by atoms with van der Waals surface area (Å²) in [6, 6.07) is 5.09. The van der Waals surface area contributed by atoms with Crippen molar-refractivity contribution in [3.05, 3.63) is 54.6 Å². The zero-order valence-electron chi connectivity index (χ0n) is 16.7. The molecule has 0 N–H and O–H groups in total. The summed E-state index contributed by atoms with van der Waals surface area (Å²) in [5, 5.41) is 0.815. The van der Waals surface area contributed by atoms with Gasteiger partial charge in [-0.05, 0) is 36.5 Å². The summed E-state index contributed by atoms with van der Waals surface area (Å²) >= 11 is 12.1. The second kappa shape index (κ2) is 7.54. The second-order valence-corrected chi connectivity index (χ2v) is 8.61. The highest BCUT2D eigenvalue weighted by atomic mass is 35.5. The van der Waals surface area contributed by atoms with Gasteiger partial charge in [0.05, 0.1) is 16.6 Å². The van der Waals surface area contributed by atoms with Crippen LogP contribution in [0, 0.1) is 5.92 Å². The number of aryl methyl sites for hydroxylation is 2. The summed E-state index contributed by atoms with van der Waals surface area (Å²) in [5.41, 5.74) is 0.777. The second-order valence-electron chi connectivity index (χ2n) is 7.79. The Bertz CT molecular complexity index is 1200. The summed E-state index contributed by atoms with van der Waals surface area (Å²) in [6.07, 6.45) is 2.17. The molecule has 1 aromatic carbocycles. The van der Waals surface area contributed by atoms with Crippen molar-refractivity contribution < 1.29 is 0 Å². The molecular weight excluding hydrogens is 413 g/mol. The van der Waals surface area contributed by atoms with E-state index in [1.807, 2.05) is 7.05 Å². The van der Waals surface area contributed by atoms with Gasteiger partial charge in [-0.15, -0.1) is 0 Å². The van der Waals surface area contributed by atoms with E-state index in [-0.39, 0.29) is 12.1 Å². The van der Waals surface area contributed by atoms with Crippen molar-refractivity contribution in [3.8, 4) is 0 Å². The predicted octanol–water partition coefficient (Wildman–Crippen LogP) is 3.03. The third-order valence-corrected chi connectivity index (χ3v) is 6.47. The first-order valence-electron chi connectivity index (χ1n) is 9.63. The number of imidazole rings is 1. The fourth-order valence-electron chi connectivity index (χ4n) is 3.88. The van der Waals surface area contributed by atoms with Crippen molar-refractivity contribution in [2.45, 2.75) is 26.3 Å². The van der Waals surface area contributed by atoms with Crippen molar-refractivity contribution in [2.75, 3.05) is 18.0 Å². The molecule has 0 spiro atoms. The van der Waals surface area contributed by atoms with Crippen LogP contribution in [0.15, 0.2) is 27.8 Å². The first-order chi connectivity index (χ1) is 13.8. The molecule has 9 heteroatoms. The molecule has 1 fully saturated rings. The lowest BCUT2D eigenvalue weighted by molar-refractivity contribution is 0.433. The maximum absolute atomic E-state index is 13.2. The quantitative estimate of drug-likeness (QED) is 0.633. The molecule has 1 saturated heterocycles. The van der Waals surface area contributed by atoms with Gasteiger partial charge in [0.1, 0.15) is 0 Å². The van der Waals surface area contributed by atoms with E-state index in [1.165, 1.54) is 9.13 Å². The van der Waals surface area contributed by atoms with Crippen LogP contribution in [0.5, 0.6) is 0 Å². The fourth-order valence-corrected chi connectivity index (χ4v) is 4.20. The molecule has 29 heavy (non-hydrogen) atoms. The van der Waals surface area contributed by atoms with E-state index >= 15 is 0 Å². The van der Waals surface area contributed by atoms with E-state index in [0.717, 1.165) is 37.4 Å². The van der Waals surface area contributed by atoms with Gasteiger partial charge in [-0.2, -0.15) is 4.98 Å². The Labute approximate surface area is 178 Å². The number of rotatable bonds is 3. The monoisotopic (exact) mass is 435 g/mol. The summed E-state index contributed by atoms with van der Waals surface area (Å²) in [5.74, 6) is 1.42. The molecule has 0 unspecified atom stereocenters. The van der Waals surface area contributed by atoms with Crippen LogP contribution in [-0.4, -0.2) is 31.8 Å². The Morgan fingerprint density at radius 1 is 1.07 bits per heavy atom. The van der Waals surface area contributed by atoms with Crippen LogP contribution < -0.4 is 16.1 Å². The van der Waals surface area contributed by atoms with Crippen LogP contribution in [0.25, 0.3) is 11.2 Å². The molecule has 7 nitrogen and oxygen atoms in total. The lowest BCUT2D eigenvalue weighted by Gasteiger charge is -2.30. The summed E-state index contributed by atoms with van der Waals surface area (Å²) in [7, 11) is 3.47. The number of aromatic nitrogens is 4. The third-order valence-electron chi connectivity index (χ3n) is 5.73. The molecule has 1 aliphatic rings. The Kier molecular flexibility index (Phi) is 5.21. The van der Waals surface area contributed by atoms with Crippen LogP contribution in [0.3, 0.4) is 0 Å². The average Bonchev–Trinajstić information content (AvgIpc) is 3.04. The Morgan fingerprint density at radius 3 is 2.41 bits per heavy atom. The zero-order chi connectivity index (χ0) is 20.9. The first kappa shape index (κ1) is 20.0. The van der Waals surface area contributed by atoms with Gasteiger partial charge >= 0.3 is 5.69 Å². The van der Waals surface area contributed by atoms with Gasteiger partial charge < -0.3 is 9.47 Å². The Balaban J connectivity index is 1.83. The van der Waals surface area contributed by atoms with Gasteiger partial charge in [0.2, 0.25) is 5.95 Å². The Hall–Kier alpha value is -2.25. The van der Waals surface area contributed by atoms with Crippen LogP contribution >= 0.6 is 23.2 Å². The minimum absolute atomic E-state index is 0.111. The van der Waals surface area contributed by atoms with E-state index in [2.05, 4.69) is 16.8 Å². The molecular formula is C20H23Cl2N5O2. The van der Waals surface area contributed by atoms with E-state index in [9.17, 15) is 9.59 Å². The topological polar surface area (TPSA) is 65.1 Å². The summed E-state index contributed by atoms with van der Waals surface area (Å²) in [6.45, 7) is 4.14. The molecule has 3 aromatic rings.